The summed E-state index contributed by atoms with van der Waals surface area (Å²) in [7, 11) is 0. The Morgan fingerprint density at radius 1 is 1.00 bits per heavy atom. The third kappa shape index (κ3) is 1.31. The zero-order valence-electron chi connectivity index (χ0n) is 8.80. The van der Waals surface area contributed by atoms with Crippen LogP contribution in [0.25, 0.3) is 0 Å². The van der Waals surface area contributed by atoms with Gasteiger partial charge in [0.15, 0.2) is 0 Å². The van der Waals surface area contributed by atoms with Gasteiger partial charge in [0.25, 0.3) is 0 Å². The molecular weight excluding hydrogens is 189 g/mol. The van der Waals surface area contributed by atoms with E-state index in [1.165, 1.54) is 0 Å². The van der Waals surface area contributed by atoms with Crippen molar-refractivity contribution in [2.45, 2.75) is 43.3 Å². The van der Waals surface area contributed by atoms with Gasteiger partial charge in [0.1, 0.15) is 5.67 Å². The van der Waals surface area contributed by atoms with E-state index < -0.39 is 5.67 Å². The summed E-state index contributed by atoms with van der Waals surface area (Å²) >= 11 is 0. The summed E-state index contributed by atoms with van der Waals surface area (Å²) < 4.78 is 14.4. The van der Waals surface area contributed by atoms with Crippen LogP contribution in [0.5, 0.6) is 0 Å². The summed E-state index contributed by atoms with van der Waals surface area (Å²) in [5.41, 5.74) is 6.79. The topological polar surface area (TPSA) is 26.0 Å². The minimum absolute atomic E-state index is 0.217. The van der Waals surface area contributed by atoms with Gasteiger partial charge >= 0.3 is 0 Å². The van der Waals surface area contributed by atoms with Crippen LogP contribution in [0.4, 0.5) is 4.39 Å². The maximum absolute atomic E-state index is 14.4. The zero-order valence-corrected chi connectivity index (χ0v) is 8.80. The second-order valence-electron chi connectivity index (χ2n) is 5.02. The minimum atomic E-state index is -1.08. The predicted molar refractivity (Wildman–Crippen MR) is 58.2 cm³/mol. The van der Waals surface area contributed by atoms with Crippen LogP contribution in [0.1, 0.15) is 43.2 Å². The Hall–Kier alpha value is -0.890. The molecule has 0 saturated heterocycles. The number of halogens is 1. The van der Waals surface area contributed by atoms with E-state index in [1.807, 2.05) is 24.3 Å². The van der Waals surface area contributed by atoms with Gasteiger partial charge in [-0.1, -0.05) is 24.3 Å². The van der Waals surface area contributed by atoms with Gasteiger partial charge in [0, 0.05) is 5.54 Å². The highest BCUT2D eigenvalue weighted by molar-refractivity contribution is 5.41. The molecule has 2 N–H and O–H groups in total. The Kier molecular flexibility index (Phi) is 1.76. The van der Waals surface area contributed by atoms with Crippen molar-refractivity contribution in [2.75, 3.05) is 0 Å². The molecule has 2 saturated carbocycles. The highest BCUT2D eigenvalue weighted by Crippen LogP contribution is 2.52. The minimum Gasteiger partial charge on any atom is -0.321 e. The van der Waals surface area contributed by atoms with Crippen LogP contribution in [-0.4, -0.2) is 0 Å². The highest BCUT2D eigenvalue weighted by Gasteiger charge is 2.47. The maximum atomic E-state index is 14.4. The van der Waals surface area contributed by atoms with Crippen LogP contribution in [0.15, 0.2) is 24.3 Å². The van der Waals surface area contributed by atoms with Crippen LogP contribution in [0, 0.1) is 0 Å². The molecule has 80 valence electrons. The van der Waals surface area contributed by atoms with Gasteiger partial charge in [-0.3, -0.25) is 0 Å². The SMILES string of the molecule is NC1(c2ccccc2C2(F)CCC2)CC1. The molecule has 2 aliphatic carbocycles. The summed E-state index contributed by atoms with van der Waals surface area (Å²) in [6.07, 6.45) is 4.34. The third-order valence-corrected chi connectivity index (χ3v) is 3.88. The van der Waals surface area contributed by atoms with Gasteiger partial charge in [-0.2, -0.15) is 0 Å². The van der Waals surface area contributed by atoms with Crippen LogP contribution in [0.3, 0.4) is 0 Å². The highest BCUT2D eigenvalue weighted by atomic mass is 19.1. The van der Waals surface area contributed by atoms with E-state index in [9.17, 15) is 4.39 Å². The number of alkyl halides is 1. The van der Waals surface area contributed by atoms with E-state index in [4.69, 9.17) is 5.73 Å². The smallest absolute Gasteiger partial charge is 0.136 e. The van der Waals surface area contributed by atoms with Crippen molar-refractivity contribution >= 4 is 0 Å². The summed E-state index contributed by atoms with van der Waals surface area (Å²) in [5, 5.41) is 0. The molecule has 15 heavy (non-hydrogen) atoms. The van der Waals surface area contributed by atoms with Gasteiger partial charge < -0.3 is 5.73 Å². The lowest BCUT2D eigenvalue weighted by atomic mass is 9.74. The molecule has 0 aliphatic heterocycles. The van der Waals surface area contributed by atoms with Crippen LogP contribution in [0.2, 0.25) is 0 Å². The van der Waals surface area contributed by atoms with E-state index in [0.717, 1.165) is 30.4 Å². The average molecular weight is 205 g/mol. The first-order valence-electron chi connectivity index (χ1n) is 5.72. The van der Waals surface area contributed by atoms with Crippen molar-refractivity contribution in [1.82, 2.24) is 0 Å². The van der Waals surface area contributed by atoms with Crippen LogP contribution in [-0.2, 0) is 11.2 Å². The number of hydrogen-bond donors (Lipinski definition) is 1. The molecule has 0 heterocycles. The lowest BCUT2D eigenvalue weighted by Gasteiger charge is -2.36. The molecule has 0 spiro atoms. The molecule has 2 heteroatoms. The molecule has 2 aliphatic rings. The number of benzene rings is 1. The normalized spacial score (nSPS) is 25.7. The van der Waals surface area contributed by atoms with Crippen molar-refractivity contribution in [2.24, 2.45) is 5.73 Å². The van der Waals surface area contributed by atoms with Crippen molar-refractivity contribution in [3.8, 4) is 0 Å². The van der Waals surface area contributed by atoms with Crippen molar-refractivity contribution in [3.05, 3.63) is 35.4 Å². The standard InChI is InChI=1S/C13H16FN/c14-12(6-3-7-12)10-4-1-2-5-11(10)13(15)8-9-13/h1-2,4-5H,3,6-9,15H2. The fraction of sp³-hybridized carbons (Fsp3) is 0.538. The van der Waals surface area contributed by atoms with Crippen molar-refractivity contribution < 1.29 is 4.39 Å². The van der Waals surface area contributed by atoms with Gasteiger partial charge in [0.2, 0.25) is 0 Å². The van der Waals surface area contributed by atoms with E-state index in [1.54, 1.807) is 0 Å². The summed E-state index contributed by atoms with van der Waals surface area (Å²) in [6.45, 7) is 0. The molecule has 0 aromatic heterocycles. The van der Waals surface area contributed by atoms with Gasteiger partial charge in [-0.15, -0.1) is 0 Å². The molecule has 0 bridgehead atoms. The van der Waals surface area contributed by atoms with Gasteiger partial charge in [-0.25, -0.2) is 4.39 Å². The second-order valence-corrected chi connectivity index (χ2v) is 5.02. The maximum Gasteiger partial charge on any atom is 0.136 e. The monoisotopic (exact) mass is 205 g/mol. The molecular formula is C13H16FN. The van der Waals surface area contributed by atoms with Crippen LogP contribution >= 0.6 is 0 Å². The first kappa shape index (κ1) is 9.34. The fourth-order valence-electron chi connectivity index (χ4n) is 2.47. The molecule has 0 radical (unpaired) electrons. The van der Waals surface area contributed by atoms with E-state index in [-0.39, 0.29) is 5.54 Å². The summed E-state index contributed by atoms with van der Waals surface area (Å²) in [6, 6.07) is 7.81. The average Bonchev–Trinajstić information content (AvgIpc) is 2.94. The zero-order chi connectivity index (χ0) is 10.5. The summed E-state index contributed by atoms with van der Waals surface area (Å²) in [4.78, 5) is 0. The number of rotatable bonds is 2. The second kappa shape index (κ2) is 2.82. The van der Waals surface area contributed by atoms with E-state index in [2.05, 4.69) is 0 Å². The molecule has 1 aromatic rings. The molecule has 1 nitrogen and oxygen atoms in total. The quantitative estimate of drug-likeness (QED) is 0.789. The Labute approximate surface area is 89.5 Å². The predicted octanol–water partition coefficient (Wildman–Crippen LogP) is 2.98. The van der Waals surface area contributed by atoms with Crippen molar-refractivity contribution in [3.63, 3.8) is 0 Å². The first-order valence-corrected chi connectivity index (χ1v) is 5.72. The Bertz CT molecular complexity index is 391. The third-order valence-electron chi connectivity index (χ3n) is 3.88. The van der Waals surface area contributed by atoms with E-state index in [0.29, 0.717) is 12.8 Å². The fourth-order valence-corrected chi connectivity index (χ4v) is 2.47. The molecule has 1 aromatic carbocycles. The lowest BCUT2D eigenvalue weighted by molar-refractivity contribution is 0.0593. The molecule has 0 atom stereocenters. The Balaban J connectivity index is 2.06. The Morgan fingerprint density at radius 3 is 2.07 bits per heavy atom. The lowest BCUT2D eigenvalue weighted by Crippen LogP contribution is -2.33. The molecule has 0 unspecified atom stereocenters. The largest absolute Gasteiger partial charge is 0.321 e. The number of hydrogen-bond acceptors (Lipinski definition) is 1. The van der Waals surface area contributed by atoms with Gasteiger partial charge in [0.05, 0.1) is 0 Å². The summed E-state index contributed by atoms with van der Waals surface area (Å²) in [5.74, 6) is 0. The first-order chi connectivity index (χ1) is 7.14. The molecule has 3 rings (SSSR count). The van der Waals surface area contributed by atoms with E-state index >= 15 is 0 Å². The van der Waals surface area contributed by atoms with Crippen LogP contribution < -0.4 is 5.73 Å². The number of nitrogens with two attached hydrogens (primary N) is 1. The Morgan fingerprint density at radius 2 is 1.60 bits per heavy atom. The molecule has 0 amide bonds. The van der Waals surface area contributed by atoms with Crippen molar-refractivity contribution in [1.29, 1.82) is 0 Å². The molecule has 2 fully saturated rings. The van der Waals surface area contributed by atoms with Gasteiger partial charge in [-0.05, 0) is 43.2 Å².